The number of aryl methyl sites for hydroxylation is 1. The maximum atomic E-state index is 11.1. The molecule has 0 radical (unpaired) electrons. The van der Waals surface area contributed by atoms with Crippen LogP contribution in [0.25, 0.3) is 0 Å². The second-order valence-electron chi connectivity index (χ2n) is 3.17. The topological polar surface area (TPSA) is 43.4 Å². The quantitative estimate of drug-likeness (QED) is 0.586. The molecule has 0 aromatic heterocycles. The minimum Gasteiger partial charge on any atom is -0.469 e. The molecule has 80 valence electrons. The highest BCUT2D eigenvalue weighted by Crippen LogP contribution is 2.20. The molecule has 0 heterocycles. The third kappa shape index (κ3) is 2.80. The summed E-state index contributed by atoms with van der Waals surface area (Å²) in [4.78, 5) is 21.8. The van der Waals surface area contributed by atoms with E-state index in [0.29, 0.717) is 22.4 Å². The number of carbonyl (C=O) groups excluding carboxylic acids is 2. The molecule has 0 N–H and O–H groups in total. The number of carbonyl (C=O) groups is 2. The van der Waals surface area contributed by atoms with Gasteiger partial charge in [0.15, 0.2) is 0 Å². The summed E-state index contributed by atoms with van der Waals surface area (Å²) < 4.78 is 4.54. The SMILES string of the molecule is COC(=O)Cc1cc(C)c(Cl)cc1C=O. The van der Waals surface area contributed by atoms with Gasteiger partial charge >= 0.3 is 5.97 Å². The van der Waals surface area contributed by atoms with Crippen LogP contribution in [0.1, 0.15) is 21.5 Å². The summed E-state index contributed by atoms with van der Waals surface area (Å²) in [6.07, 6.45) is 0.770. The highest BCUT2D eigenvalue weighted by atomic mass is 35.5. The molecule has 1 aromatic carbocycles. The Hall–Kier alpha value is -1.35. The predicted octanol–water partition coefficient (Wildman–Crippen LogP) is 2.18. The molecule has 0 saturated heterocycles. The van der Waals surface area contributed by atoms with Crippen LogP contribution in [0.15, 0.2) is 12.1 Å². The van der Waals surface area contributed by atoms with Crippen LogP contribution in [-0.2, 0) is 16.0 Å². The molecule has 15 heavy (non-hydrogen) atoms. The molecular formula is C11H11ClO3. The number of benzene rings is 1. The first-order valence-corrected chi connectivity index (χ1v) is 4.77. The van der Waals surface area contributed by atoms with E-state index >= 15 is 0 Å². The van der Waals surface area contributed by atoms with E-state index < -0.39 is 0 Å². The van der Waals surface area contributed by atoms with E-state index in [9.17, 15) is 9.59 Å². The van der Waals surface area contributed by atoms with Crippen molar-refractivity contribution >= 4 is 23.9 Å². The highest BCUT2D eigenvalue weighted by Gasteiger charge is 2.10. The van der Waals surface area contributed by atoms with Crippen molar-refractivity contribution in [3.63, 3.8) is 0 Å². The Morgan fingerprint density at radius 2 is 2.20 bits per heavy atom. The molecule has 0 spiro atoms. The summed E-state index contributed by atoms with van der Waals surface area (Å²) in [5, 5.41) is 0.519. The van der Waals surface area contributed by atoms with Gasteiger partial charge < -0.3 is 4.74 Å². The largest absolute Gasteiger partial charge is 0.469 e. The van der Waals surface area contributed by atoms with Crippen LogP contribution in [0, 0.1) is 6.92 Å². The van der Waals surface area contributed by atoms with Gasteiger partial charge in [-0.2, -0.15) is 0 Å². The van der Waals surface area contributed by atoms with Crippen LogP contribution in [0.5, 0.6) is 0 Å². The molecule has 1 rings (SSSR count). The fraction of sp³-hybridized carbons (Fsp3) is 0.273. The first-order chi connectivity index (χ1) is 7.08. The van der Waals surface area contributed by atoms with Crippen molar-refractivity contribution in [2.45, 2.75) is 13.3 Å². The fourth-order valence-electron chi connectivity index (χ4n) is 1.25. The molecule has 0 aliphatic rings. The first kappa shape index (κ1) is 11.7. The number of halogens is 1. The summed E-state index contributed by atoms with van der Waals surface area (Å²) in [7, 11) is 1.31. The van der Waals surface area contributed by atoms with Gasteiger partial charge in [-0.1, -0.05) is 17.7 Å². The third-order valence-corrected chi connectivity index (χ3v) is 2.52. The van der Waals surface area contributed by atoms with Crippen LogP contribution < -0.4 is 0 Å². The van der Waals surface area contributed by atoms with E-state index in [2.05, 4.69) is 4.74 Å². The molecule has 0 fully saturated rings. The number of aldehydes is 1. The van der Waals surface area contributed by atoms with E-state index in [4.69, 9.17) is 11.6 Å². The van der Waals surface area contributed by atoms with Gasteiger partial charge in [-0.3, -0.25) is 9.59 Å². The van der Waals surface area contributed by atoms with Gasteiger partial charge in [0.2, 0.25) is 0 Å². The van der Waals surface area contributed by atoms with Crippen molar-refractivity contribution in [3.05, 3.63) is 33.8 Å². The zero-order chi connectivity index (χ0) is 11.4. The number of hydrogen-bond acceptors (Lipinski definition) is 3. The second kappa shape index (κ2) is 4.94. The first-order valence-electron chi connectivity index (χ1n) is 4.39. The summed E-state index contributed by atoms with van der Waals surface area (Å²) >= 11 is 5.86. The zero-order valence-corrected chi connectivity index (χ0v) is 9.30. The molecular weight excluding hydrogens is 216 g/mol. The van der Waals surface area contributed by atoms with Gasteiger partial charge in [0.05, 0.1) is 13.5 Å². The van der Waals surface area contributed by atoms with E-state index in [1.165, 1.54) is 7.11 Å². The number of esters is 1. The molecule has 0 unspecified atom stereocenters. The second-order valence-corrected chi connectivity index (χ2v) is 3.58. The minimum atomic E-state index is -0.375. The number of rotatable bonds is 3. The monoisotopic (exact) mass is 226 g/mol. The fourth-order valence-corrected chi connectivity index (χ4v) is 1.42. The van der Waals surface area contributed by atoms with Gasteiger partial charge in [0.25, 0.3) is 0 Å². The Kier molecular flexibility index (Phi) is 3.86. The van der Waals surface area contributed by atoms with E-state index in [1.54, 1.807) is 12.1 Å². The zero-order valence-electron chi connectivity index (χ0n) is 8.54. The molecule has 4 heteroatoms. The van der Waals surface area contributed by atoms with Crippen molar-refractivity contribution in [3.8, 4) is 0 Å². The molecule has 3 nitrogen and oxygen atoms in total. The maximum Gasteiger partial charge on any atom is 0.310 e. The predicted molar refractivity (Wildman–Crippen MR) is 57.3 cm³/mol. The Balaban J connectivity index is 3.10. The molecule has 0 atom stereocenters. The van der Waals surface area contributed by atoms with Crippen molar-refractivity contribution in [2.75, 3.05) is 7.11 Å². The average Bonchev–Trinajstić information content (AvgIpc) is 2.22. The standard InChI is InChI=1S/C11H11ClO3/c1-7-3-8(5-11(14)15-2)9(6-13)4-10(7)12/h3-4,6H,5H2,1-2H3. The van der Waals surface area contributed by atoms with Crippen LogP contribution in [-0.4, -0.2) is 19.4 Å². The Bertz CT molecular complexity index is 399. The number of hydrogen-bond donors (Lipinski definition) is 0. The molecule has 0 aliphatic carbocycles. The van der Waals surface area contributed by atoms with Crippen molar-refractivity contribution in [1.29, 1.82) is 0 Å². The van der Waals surface area contributed by atoms with Gasteiger partial charge in [-0.05, 0) is 24.1 Å². The lowest BCUT2D eigenvalue weighted by molar-refractivity contribution is -0.139. The van der Waals surface area contributed by atoms with Crippen LogP contribution in [0.3, 0.4) is 0 Å². The molecule has 0 bridgehead atoms. The number of methoxy groups -OCH3 is 1. The molecule has 0 aliphatic heterocycles. The van der Waals surface area contributed by atoms with Gasteiger partial charge in [0, 0.05) is 10.6 Å². The Morgan fingerprint density at radius 1 is 1.53 bits per heavy atom. The van der Waals surface area contributed by atoms with Gasteiger partial charge in [0.1, 0.15) is 6.29 Å². The lowest BCUT2D eigenvalue weighted by Crippen LogP contribution is -2.07. The normalized spacial score (nSPS) is 9.80. The summed E-state index contributed by atoms with van der Waals surface area (Å²) in [6, 6.07) is 3.28. The van der Waals surface area contributed by atoms with Crippen molar-refractivity contribution in [2.24, 2.45) is 0 Å². The Morgan fingerprint density at radius 3 is 2.73 bits per heavy atom. The minimum absolute atomic E-state index is 0.0859. The van der Waals surface area contributed by atoms with Gasteiger partial charge in [-0.25, -0.2) is 0 Å². The Labute approximate surface area is 93.0 Å². The van der Waals surface area contributed by atoms with E-state index in [-0.39, 0.29) is 12.4 Å². The van der Waals surface area contributed by atoms with Crippen LogP contribution in [0.4, 0.5) is 0 Å². The van der Waals surface area contributed by atoms with E-state index in [0.717, 1.165) is 5.56 Å². The maximum absolute atomic E-state index is 11.1. The summed E-state index contributed by atoms with van der Waals surface area (Å²) in [5.74, 6) is -0.375. The molecule has 0 amide bonds. The van der Waals surface area contributed by atoms with Gasteiger partial charge in [-0.15, -0.1) is 0 Å². The smallest absolute Gasteiger partial charge is 0.310 e. The van der Waals surface area contributed by atoms with Crippen LogP contribution in [0.2, 0.25) is 5.02 Å². The molecule has 1 aromatic rings. The third-order valence-electron chi connectivity index (χ3n) is 2.11. The van der Waals surface area contributed by atoms with E-state index in [1.807, 2.05) is 6.92 Å². The molecule has 0 saturated carbocycles. The summed E-state index contributed by atoms with van der Waals surface area (Å²) in [5.41, 5.74) is 1.90. The van der Waals surface area contributed by atoms with Crippen molar-refractivity contribution in [1.82, 2.24) is 0 Å². The summed E-state index contributed by atoms with van der Waals surface area (Å²) in [6.45, 7) is 1.82. The highest BCUT2D eigenvalue weighted by molar-refractivity contribution is 6.31. The van der Waals surface area contributed by atoms with Crippen LogP contribution >= 0.6 is 11.6 Å². The van der Waals surface area contributed by atoms with Crippen molar-refractivity contribution < 1.29 is 14.3 Å². The lowest BCUT2D eigenvalue weighted by atomic mass is 10.0. The lowest BCUT2D eigenvalue weighted by Gasteiger charge is -2.06. The number of ether oxygens (including phenoxy) is 1. The average molecular weight is 227 g/mol.